The number of thioether (sulfide) groups is 1. The summed E-state index contributed by atoms with van der Waals surface area (Å²) < 4.78 is 0. The van der Waals surface area contributed by atoms with Crippen LogP contribution in [0.4, 0.5) is 4.79 Å². The molecule has 1 N–H and O–H groups in total. The third kappa shape index (κ3) is 2.70. The number of hydrogen-bond donors (Lipinski definition) is 1. The molecule has 0 aromatic carbocycles. The highest BCUT2D eigenvalue weighted by Crippen LogP contribution is 2.30. The molecule has 1 aliphatic carbocycles. The fourth-order valence-electron chi connectivity index (χ4n) is 1.99. The van der Waals surface area contributed by atoms with E-state index in [9.17, 15) is 9.59 Å². The number of carbonyl (C=O) groups excluding carboxylic acids is 1. The van der Waals surface area contributed by atoms with E-state index < -0.39 is 12.0 Å². The minimum Gasteiger partial charge on any atom is -0.480 e. The molecule has 2 rings (SSSR count). The fraction of sp³-hybridized carbons (Fsp3) is 0.727. The van der Waals surface area contributed by atoms with E-state index in [1.54, 1.807) is 4.90 Å². The molecule has 1 heterocycles. The summed E-state index contributed by atoms with van der Waals surface area (Å²) >= 11 is 1.45. The van der Waals surface area contributed by atoms with Gasteiger partial charge in [0, 0.05) is 18.3 Å². The highest BCUT2D eigenvalue weighted by molar-refractivity contribution is 7.99. The van der Waals surface area contributed by atoms with Gasteiger partial charge in [-0.15, -0.1) is 11.8 Å². The number of urea groups is 1. The molecule has 0 unspecified atom stereocenters. The summed E-state index contributed by atoms with van der Waals surface area (Å²) in [5.41, 5.74) is 0. The van der Waals surface area contributed by atoms with Gasteiger partial charge >= 0.3 is 12.0 Å². The SMILES string of the molecule is N#CCCN(C(=O)N1CSC[C@H]1C(=O)O)C1CC1. The largest absolute Gasteiger partial charge is 0.480 e. The van der Waals surface area contributed by atoms with Crippen LogP contribution in [-0.4, -0.2) is 57.2 Å². The molecule has 2 fully saturated rings. The van der Waals surface area contributed by atoms with Crippen LogP contribution in [0.3, 0.4) is 0 Å². The summed E-state index contributed by atoms with van der Waals surface area (Å²) in [6.07, 6.45) is 2.20. The van der Waals surface area contributed by atoms with Crippen LogP contribution in [0, 0.1) is 11.3 Å². The number of rotatable bonds is 4. The summed E-state index contributed by atoms with van der Waals surface area (Å²) in [5.74, 6) is -0.0898. The van der Waals surface area contributed by atoms with Crippen molar-refractivity contribution in [2.45, 2.75) is 31.3 Å². The Bertz CT molecular complexity index is 391. The molecular weight excluding hydrogens is 254 g/mol. The second kappa shape index (κ2) is 5.48. The predicted octanol–water partition coefficient (Wildman–Crippen LogP) is 0.944. The quantitative estimate of drug-likeness (QED) is 0.821. The number of amides is 2. The lowest BCUT2D eigenvalue weighted by molar-refractivity contribution is -0.140. The van der Waals surface area contributed by atoms with Crippen molar-refractivity contribution in [1.82, 2.24) is 9.80 Å². The van der Waals surface area contributed by atoms with Gasteiger partial charge in [0.2, 0.25) is 0 Å². The van der Waals surface area contributed by atoms with Gasteiger partial charge in [-0.25, -0.2) is 9.59 Å². The van der Waals surface area contributed by atoms with E-state index in [1.165, 1.54) is 16.7 Å². The smallest absolute Gasteiger partial charge is 0.327 e. The first-order chi connectivity index (χ1) is 8.65. The number of carbonyl (C=O) groups is 2. The number of nitrogens with zero attached hydrogens (tertiary/aromatic N) is 3. The first-order valence-electron chi connectivity index (χ1n) is 5.90. The van der Waals surface area contributed by atoms with Crippen LogP contribution >= 0.6 is 11.8 Å². The third-order valence-corrected chi connectivity index (χ3v) is 4.12. The van der Waals surface area contributed by atoms with Gasteiger partial charge in [-0.05, 0) is 12.8 Å². The lowest BCUT2D eigenvalue weighted by atomic mass is 10.3. The minimum atomic E-state index is -0.954. The first-order valence-corrected chi connectivity index (χ1v) is 7.05. The van der Waals surface area contributed by atoms with Gasteiger partial charge in [0.25, 0.3) is 0 Å². The molecule has 98 valence electrons. The van der Waals surface area contributed by atoms with E-state index in [1.807, 2.05) is 6.07 Å². The maximum atomic E-state index is 12.3. The Morgan fingerprint density at radius 2 is 2.22 bits per heavy atom. The van der Waals surface area contributed by atoms with Crippen molar-refractivity contribution in [2.24, 2.45) is 0 Å². The molecule has 0 spiro atoms. The van der Waals surface area contributed by atoms with E-state index in [0.717, 1.165) is 12.8 Å². The first kappa shape index (κ1) is 13.0. The van der Waals surface area contributed by atoms with Crippen molar-refractivity contribution in [2.75, 3.05) is 18.2 Å². The zero-order valence-corrected chi connectivity index (χ0v) is 10.7. The molecule has 1 saturated heterocycles. The second-order valence-electron chi connectivity index (χ2n) is 4.44. The van der Waals surface area contributed by atoms with Crippen molar-refractivity contribution in [3.63, 3.8) is 0 Å². The molecule has 1 saturated carbocycles. The Hall–Kier alpha value is -1.42. The Kier molecular flexibility index (Phi) is 3.97. The molecule has 2 aliphatic rings. The maximum Gasteiger partial charge on any atom is 0.327 e. The minimum absolute atomic E-state index is 0.200. The molecule has 18 heavy (non-hydrogen) atoms. The summed E-state index contributed by atoms with van der Waals surface area (Å²) in [6.45, 7) is 0.396. The highest BCUT2D eigenvalue weighted by Gasteiger charge is 2.40. The summed E-state index contributed by atoms with van der Waals surface area (Å²) in [4.78, 5) is 26.4. The van der Waals surface area contributed by atoms with Gasteiger partial charge in [-0.2, -0.15) is 5.26 Å². The summed E-state index contributed by atoms with van der Waals surface area (Å²) in [7, 11) is 0. The molecular formula is C11H15N3O3S. The van der Waals surface area contributed by atoms with E-state index >= 15 is 0 Å². The van der Waals surface area contributed by atoms with Crippen molar-refractivity contribution < 1.29 is 14.7 Å². The lowest BCUT2D eigenvalue weighted by Gasteiger charge is -2.29. The van der Waals surface area contributed by atoms with Gasteiger partial charge in [0.05, 0.1) is 18.4 Å². The number of aliphatic carboxylic acids is 1. The molecule has 1 aliphatic heterocycles. The standard InChI is InChI=1S/C11H15N3O3S/c12-4-1-5-13(8-2-3-8)11(17)14-7-18-6-9(14)10(15)16/h8-9H,1-3,5-7H2,(H,15,16)/t9-/m0/s1. The molecule has 1 atom stereocenters. The number of nitriles is 1. The Balaban J connectivity index is 2.03. The predicted molar refractivity (Wildman–Crippen MR) is 65.9 cm³/mol. The molecule has 0 aromatic heterocycles. The molecule has 6 nitrogen and oxygen atoms in total. The zero-order chi connectivity index (χ0) is 13.1. The summed E-state index contributed by atoms with van der Waals surface area (Å²) in [5, 5.41) is 17.7. The van der Waals surface area contributed by atoms with E-state index in [2.05, 4.69) is 0 Å². The third-order valence-electron chi connectivity index (χ3n) is 3.11. The fourth-order valence-corrected chi connectivity index (χ4v) is 3.13. The average Bonchev–Trinajstić information content (AvgIpc) is 3.05. The van der Waals surface area contributed by atoms with Crippen LogP contribution in [0.1, 0.15) is 19.3 Å². The summed E-state index contributed by atoms with van der Waals surface area (Å²) in [6, 6.07) is 1.26. The van der Waals surface area contributed by atoms with Crippen molar-refractivity contribution >= 4 is 23.8 Å². The topological polar surface area (TPSA) is 84.6 Å². The van der Waals surface area contributed by atoms with Gasteiger partial charge in [0.1, 0.15) is 6.04 Å². The Labute approximate surface area is 110 Å². The number of carboxylic acid groups (broad SMARTS) is 1. The zero-order valence-electron chi connectivity index (χ0n) is 9.91. The van der Waals surface area contributed by atoms with Crippen molar-refractivity contribution in [3.8, 4) is 6.07 Å². The van der Waals surface area contributed by atoms with Gasteiger partial charge in [-0.3, -0.25) is 0 Å². The van der Waals surface area contributed by atoms with Gasteiger partial charge in [0.15, 0.2) is 0 Å². The molecule has 0 bridgehead atoms. The lowest BCUT2D eigenvalue weighted by Crippen LogP contribution is -2.49. The van der Waals surface area contributed by atoms with E-state index in [-0.39, 0.29) is 12.1 Å². The monoisotopic (exact) mass is 269 g/mol. The Morgan fingerprint density at radius 1 is 1.50 bits per heavy atom. The molecule has 2 amide bonds. The van der Waals surface area contributed by atoms with Gasteiger partial charge in [-0.1, -0.05) is 0 Å². The van der Waals surface area contributed by atoms with Crippen LogP contribution in [0.5, 0.6) is 0 Å². The maximum absolute atomic E-state index is 12.3. The second-order valence-corrected chi connectivity index (χ2v) is 5.44. The average molecular weight is 269 g/mol. The van der Waals surface area contributed by atoms with Crippen LogP contribution in [-0.2, 0) is 4.79 Å². The van der Waals surface area contributed by atoms with E-state index in [0.29, 0.717) is 24.6 Å². The van der Waals surface area contributed by atoms with Gasteiger partial charge < -0.3 is 14.9 Å². The molecule has 0 aromatic rings. The van der Waals surface area contributed by atoms with Crippen LogP contribution in [0.2, 0.25) is 0 Å². The van der Waals surface area contributed by atoms with Crippen molar-refractivity contribution in [1.29, 1.82) is 5.26 Å². The molecule has 7 heteroatoms. The number of carboxylic acids is 1. The number of hydrogen-bond acceptors (Lipinski definition) is 4. The highest BCUT2D eigenvalue weighted by atomic mass is 32.2. The normalized spacial score (nSPS) is 22.6. The van der Waals surface area contributed by atoms with Crippen LogP contribution in [0.25, 0.3) is 0 Å². The van der Waals surface area contributed by atoms with E-state index in [4.69, 9.17) is 10.4 Å². The van der Waals surface area contributed by atoms with Crippen LogP contribution < -0.4 is 0 Å². The Morgan fingerprint density at radius 3 is 2.78 bits per heavy atom. The van der Waals surface area contributed by atoms with Crippen LogP contribution in [0.15, 0.2) is 0 Å². The molecule has 0 radical (unpaired) electrons. The van der Waals surface area contributed by atoms with Crippen molar-refractivity contribution in [3.05, 3.63) is 0 Å².